The molecule has 2 unspecified atom stereocenters. The average molecular weight is 224 g/mol. The second kappa shape index (κ2) is 4.41. The zero-order chi connectivity index (χ0) is 10.8. The molecule has 0 saturated carbocycles. The van der Waals surface area contributed by atoms with E-state index in [2.05, 4.69) is 4.98 Å². The number of aliphatic hydroxyl groups is 1. The predicted molar refractivity (Wildman–Crippen MR) is 63.8 cm³/mol. The summed E-state index contributed by atoms with van der Waals surface area (Å²) in [5, 5.41) is 10.5. The Labute approximate surface area is 94.1 Å². The maximum atomic E-state index is 10.2. The maximum Gasteiger partial charge on any atom is 0.129 e. The van der Waals surface area contributed by atoms with Crippen molar-refractivity contribution in [3.63, 3.8) is 0 Å². The SMILES string of the molecule is Cc1ccnc(N)c1C(O)C1CCCS1. The van der Waals surface area contributed by atoms with Gasteiger partial charge in [-0.25, -0.2) is 4.98 Å². The molecule has 1 aromatic heterocycles. The van der Waals surface area contributed by atoms with E-state index in [0.29, 0.717) is 5.82 Å². The molecule has 2 atom stereocenters. The Kier molecular flexibility index (Phi) is 3.17. The minimum Gasteiger partial charge on any atom is -0.387 e. The summed E-state index contributed by atoms with van der Waals surface area (Å²) in [6.07, 6.45) is 3.47. The molecule has 15 heavy (non-hydrogen) atoms. The molecular weight excluding hydrogens is 208 g/mol. The summed E-state index contributed by atoms with van der Waals surface area (Å²) in [5.41, 5.74) is 7.66. The van der Waals surface area contributed by atoms with Gasteiger partial charge in [0.25, 0.3) is 0 Å². The summed E-state index contributed by atoms with van der Waals surface area (Å²) >= 11 is 1.83. The van der Waals surface area contributed by atoms with E-state index in [-0.39, 0.29) is 5.25 Å². The number of thioether (sulfide) groups is 1. The van der Waals surface area contributed by atoms with Gasteiger partial charge in [0.05, 0.1) is 6.10 Å². The van der Waals surface area contributed by atoms with Gasteiger partial charge in [-0.05, 0) is 37.1 Å². The van der Waals surface area contributed by atoms with Crippen LogP contribution in [0.25, 0.3) is 0 Å². The van der Waals surface area contributed by atoms with E-state index < -0.39 is 6.10 Å². The highest BCUT2D eigenvalue weighted by molar-refractivity contribution is 8.00. The third kappa shape index (κ3) is 2.11. The number of pyridine rings is 1. The molecule has 1 aromatic rings. The first kappa shape index (κ1) is 10.8. The molecular formula is C11H16N2OS. The highest BCUT2D eigenvalue weighted by Gasteiger charge is 2.27. The highest BCUT2D eigenvalue weighted by Crippen LogP contribution is 2.38. The number of nitrogens with zero attached hydrogens (tertiary/aromatic N) is 1. The Morgan fingerprint density at radius 2 is 2.47 bits per heavy atom. The summed E-state index contributed by atoms with van der Waals surface area (Å²) in [5.74, 6) is 1.61. The lowest BCUT2D eigenvalue weighted by Gasteiger charge is -2.20. The molecule has 3 nitrogen and oxygen atoms in total. The zero-order valence-electron chi connectivity index (χ0n) is 8.81. The monoisotopic (exact) mass is 224 g/mol. The van der Waals surface area contributed by atoms with Crippen LogP contribution in [-0.2, 0) is 0 Å². The summed E-state index contributed by atoms with van der Waals surface area (Å²) in [7, 11) is 0. The van der Waals surface area contributed by atoms with Gasteiger partial charge >= 0.3 is 0 Å². The Morgan fingerprint density at radius 3 is 3.07 bits per heavy atom. The number of rotatable bonds is 2. The first-order chi connectivity index (χ1) is 7.20. The minimum atomic E-state index is -0.466. The highest BCUT2D eigenvalue weighted by atomic mass is 32.2. The Bertz CT molecular complexity index is 330. The van der Waals surface area contributed by atoms with Gasteiger partial charge in [0.15, 0.2) is 0 Å². The van der Waals surface area contributed by atoms with E-state index in [1.165, 1.54) is 6.42 Å². The normalized spacial score (nSPS) is 22.9. The van der Waals surface area contributed by atoms with Crippen LogP contribution in [0.15, 0.2) is 12.3 Å². The van der Waals surface area contributed by atoms with Gasteiger partial charge < -0.3 is 10.8 Å². The van der Waals surface area contributed by atoms with Crippen LogP contribution in [0.2, 0.25) is 0 Å². The maximum absolute atomic E-state index is 10.2. The average Bonchev–Trinajstić information content (AvgIpc) is 2.69. The van der Waals surface area contributed by atoms with Crippen molar-refractivity contribution in [3.8, 4) is 0 Å². The number of aromatic nitrogens is 1. The van der Waals surface area contributed by atoms with Crippen LogP contribution >= 0.6 is 11.8 Å². The molecule has 2 rings (SSSR count). The quantitative estimate of drug-likeness (QED) is 0.805. The fourth-order valence-electron chi connectivity index (χ4n) is 2.01. The van der Waals surface area contributed by atoms with Crippen molar-refractivity contribution in [1.82, 2.24) is 4.98 Å². The molecule has 1 aliphatic rings. The number of hydrogen-bond acceptors (Lipinski definition) is 4. The van der Waals surface area contributed by atoms with Crippen LogP contribution < -0.4 is 5.73 Å². The van der Waals surface area contributed by atoms with Crippen molar-refractivity contribution in [3.05, 3.63) is 23.4 Å². The molecule has 0 aromatic carbocycles. The summed E-state index contributed by atoms with van der Waals surface area (Å²) in [6, 6.07) is 1.90. The van der Waals surface area contributed by atoms with Crippen molar-refractivity contribution < 1.29 is 5.11 Å². The van der Waals surface area contributed by atoms with Crippen LogP contribution in [0.3, 0.4) is 0 Å². The first-order valence-electron chi connectivity index (χ1n) is 5.21. The minimum absolute atomic E-state index is 0.287. The molecule has 0 aliphatic carbocycles. The van der Waals surface area contributed by atoms with Gasteiger partial charge in [-0.3, -0.25) is 0 Å². The standard InChI is InChI=1S/C11H16N2OS/c1-7-4-5-13-11(12)9(7)10(14)8-3-2-6-15-8/h4-5,8,10,14H,2-3,6H2,1H3,(H2,12,13). The zero-order valence-corrected chi connectivity index (χ0v) is 9.63. The number of nitrogens with two attached hydrogens (primary N) is 1. The molecule has 3 N–H and O–H groups in total. The molecule has 0 radical (unpaired) electrons. The van der Waals surface area contributed by atoms with E-state index >= 15 is 0 Å². The summed E-state index contributed by atoms with van der Waals surface area (Å²) in [6.45, 7) is 1.97. The van der Waals surface area contributed by atoms with E-state index in [4.69, 9.17) is 5.73 Å². The van der Waals surface area contributed by atoms with Crippen molar-refractivity contribution >= 4 is 17.6 Å². The molecule has 0 bridgehead atoms. The van der Waals surface area contributed by atoms with Crippen molar-refractivity contribution in [2.45, 2.75) is 31.1 Å². The van der Waals surface area contributed by atoms with Gasteiger partial charge in [0.2, 0.25) is 0 Å². The number of anilines is 1. The van der Waals surface area contributed by atoms with E-state index in [9.17, 15) is 5.11 Å². The molecule has 4 heteroatoms. The Morgan fingerprint density at radius 1 is 1.67 bits per heavy atom. The van der Waals surface area contributed by atoms with Crippen LogP contribution in [0, 0.1) is 6.92 Å². The van der Waals surface area contributed by atoms with Gasteiger partial charge in [-0.1, -0.05) is 0 Å². The summed E-state index contributed by atoms with van der Waals surface area (Å²) in [4.78, 5) is 4.04. The van der Waals surface area contributed by atoms with Crippen LogP contribution in [0.1, 0.15) is 30.1 Å². The van der Waals surface area contributed by atoms with Crippen molar-refractivity contribution in [1.29, 1.82) is 0 Å². The predicted octanol–water partition coefficient (Wildman–Crippen LogP) is 1.90. The lowest BCUT2D eigenvalue weighted by molar-refractivity contribution is 0.173. The second-order valence-electron chi connectivity index (χ2n) is 3.92. The van der Waals surface area contributed by atoms with Gasteiger partial charge in [0.1, 0.15) is 5.82 Å². The smallest absolute Gasteiger partial charge is 0.129 e. The molecule has 1 fully saturated rings. The van der Waals surface area contributed by atoms with Gasteiger partial charge in [-0.15, -0.1) is 0 Å². The lowest BCUT2D eigenvalue weighted by Crippen LogP contribution is -2.15. The van der Waals surface area contributed by atoms with Gasteiger partial charge in [0, 0.05) is 17.0 Å². The van der Waals surface area contributed by atoms with E-state index in [0.717, 1.165) is 23.3 Å². The van der Waals surface area contributed by atoms with Gasteiger partial charge in [-0.2, -0.15) is 11.8 Å². The molecule has 82 valence electrons. The number of nitrogen functional groups attached to an aromatic ring is 1. The molecule has 2 heterocycles. The Hall–Kier alpha value is -0.740. The topological polar surface area (TPSA) is 59.1 Å². The molecule has 0 spiro atoms. The largest absolute Gasteiger partial charge is 0.387 e. The molecule has 1 saturated heterocycles. The van der Waals surface area contributed by atoms with E-state index in [1.807, 2.05) is 24.8 Å². The first-order valence-corrected chi connectivity index (χ1v) is 6.25. The fraction of sp³-hybridized carbons (Fsp3) is 0.545. The third-order valence-electron chi connectivity index (χ3n) is 2.85. The third-order valence-corrected chi connectivity index (χ3v) is 4.30. The van der Waals surface area contributed by atoms with Crippen LogP contribution in [0.5, 0.6) is 0 Å². The number of aliphatic hydroxyl groups excluding tert-OH is 1. The number of hydrogen-bond donors (Lipinski definition) is 2. The molecule has 0 amide bonds. The van der Waals surface area contributed by atoms with Crippen LogP contribution in [0.4, 0.5) is 5.82 Å². The van der Waals surface area contributed by atoms with Crippen molar-refractivity contribution in [2.75, 3.05) is 11.5 Å². The summed E-state index contributed by atoms with van der Waals surface area (Å²) < 4.78 is 0. The van der Waals surface area contributed by atoms with E-state index in [1.54, 1.807) is 6.20 Å². The lowest BCUT2D eigenvalue weighted by atomic mass is 10.0. The second-order valence-corrected chi connectivity index (χ2v) is 5.27. The van der Waals surface area contributed by atoms with Crippen molar-refractivity contribution in [2.24, 2.45) is 0 Å². The van der Waals surface area contributed by atoms with Crippen LogP contribution in [-0.4, -0.2) is 21.1 Å². The fourth-order valence-corrected chi connectivity index (χ4v) is 3.30. The Balaban J connectivity index is 2.27. The molecule has 1 aliphatic heterocycles. The number of aryl methyl sites for hydroxylation is 1.